The summed E-state index contributed by atoms with van der Waals surface area (Å²) in [6, 6.07) is 17.3. The Labute approximate surface area is 235 Å². The standard InChI is InChI=1S/C33H35N5O2/c1-36(2)30-12-13-37(22-30)19-24-8-9-25-15-27(16-26(25)14-24)31-17-29(10-11-32(31)39)35-33(40)28-18-34-38(21-28)20-23-6-4-3-5-7-23/h3-10,14,16-18,21,30H,11-13,15,19-20,22H2,1-2H3,(H,35,40)/t30-/m1/s1. The zero-order chi connectivity index (χ0) is 27.6. The third kappa shape index (κ3) is 5.76. The van der Waals surface area contributed by atoms with Crippen molar-refractivity contribution in [2.75, 3.05) is 27.2 Å². The highest BCUT2D eigenvalue weighted by molar-refractivity contribution is 6.04. The lowest BCUT2D eigenvalue weighted by molar-refractivity contribution is -0.114. The van der Waals surface area contributed by atoms with E-state index >= 15 is 0 Å². The summed E-state index contributed by atoms with van der Waals surface area (Å²) in [7, 11) is 4.31. The topological polar surface area (TPSA) is 70.5 Å². The molecule has 0 saturated carbocycles. The van der Waals surface area contributed by atoms with Crippen molar-refractivity contribution < 1.29 is 9.59 Å². The Balaban J connectivity index is 1.11. The first-order valence-electron chi connectivity index (χ1n) is 14.0. The van der Waals surface area contributed by atoms with Gasteiger partial charge in [0, 0.05) is 49.6 Å². The molecule has 0 bridgehead atoms. The zero-order valence-electron chi connectivity index (χ0n) is 23.1. The minimum Gasteiger partial charge on any atom is -0.322 e. The van der Waals surface area contributed by atoms with Crippen molar-refractivity contribution in [2.45, 2.75) is 38.4 Å². The van der Waals surface area contributed by atoms with Crippen LogP contribution in [0.3, 0.4) is 0 Å². The summed E-state index contributed by atoms with van der Waals surface area (Å²) in [5, 5.41) is 7.31. The molecular weight excluding hydrogens is 498 g/mol. The number of benzene rings is 2. The molecule has 7 nitrogen and oxygen atoms in total. The summed E-state index contributed by atoms with van der Waals surface area (Å²) in [4.78, 5) is 30.7. The lowest BCUT2D eigenvalue weighted by Crippen LogP contribution is -2.31. The van der Waals surface area contributed by atoms with Crippen LogP contribution in [0.5, 0.6) is 0 Å². The molecule has 1 atom stereocenters. The zero-order valence-corrected chi connectivity index (χ0v) is 23.1. The average molecular weight is 534 g/mol. The number of allylic oxidation sites excluding steroid dienone is 4. The third-order valence-electron chi connectivity index (χ3n) is 8.10. The molecule has 1 aromatic heterocycles. The van der Waals surface area contributed by atoms with Crippen LogP contribution in [0, 0.1) is 0 Å². The Hall–Kier alpha value is -4.07. The lowest BCUT2D eigenvalue weighted by Gasteiger charge is -2.20. The van der Waals surface area contributed by atoms with Crippen LogP contribution in [0.15, 0.2) is 89.9 Å². The number of likely N-dealkylation sites (N-methyl/N-ethyl adjacent to an activating group) is 1. The van der Waals surface area contributed by atoms with Crippen molar-refractivity contribution in [1.82, 2.24) is 24.9 Å². The van der Waals surface area contributed by atoms with Crippen molar-refractivity contribution in [1.29, 1.82) is 0 Å². The first-order valence-corrected chi connectivity index (χ1v) is 14.0. The summed E-state index contributed by atoms with van der Waals surface area (Å²) in [6.07, 6.45) is 11.3. The van der Waals surface area contributed by atoms with Gasteiger partial charge in [-0.15, -0.1) is 0 Å². The molecule has 40 heavy (non-hydrogen) atoms. The van der Waals surface area contributed by atoms with Crippen LogP contribution < -0.4 is 5.32 Å². The third-order valence-corrected chi connectivity index (χ3v) is 8.10. The van der Waals surface area contributed by atoms with E-state index in [1.165, 1.54) is 23.1 Å². The Morgan fingerprint density at radius 2 is 1.93 bits per heavy atom. The number of rotatable bonds is 8. The largest absolute Gasteiger partial charge is 0.322 e. The molecular formula is C33H35N5O2. The second-order valence-corrected chi connectivity index (χ2v) is 11.2. The highest BCUT2D eigenvalue weighted by atomic mass is 16.1. The van der Waals surface area contributed by atoms with Gasteiger partial charge < -0.3 is 10.2 Å². The van der Waals surface area contributed by atoms with Crippen LogP contribution in [0.1, 0.15) is 45.5 Å². The first kappa shape index (κ1) is 26.2. The van der Waals surface area contributed by atoms with Crippen LogP contribution in [-0.4, -0.2) is 64.5 Å². The number of nitrogens with zero attached hydrogens (tertiary/aromatic N) is 4. The number of Topliss-reactive ketones (excluding diaryl/α,β-unsaturated/α-hetero) is 1. The fourth-order valence-corrected chi connectivity index (χ4v) is 5.80. The van der Waals surface area contributed by atoms with Gasteiger partial charge in [-0.2, -0.15) is 5.10 Å². The van der Waals surface area contributed by atoms with E-state index in [1.54, 1.807) is 23.2 Å². The van der Waals surface area contributed by atoms with Crippen LogP contribution in [0.2, 0.25) is 0 Å². The van der Waals surface area contributed by atoms with E-state index in [9.17, 15) is 9.59 Å². The molecule has 0 unspecified atom stereocenters. The van der Waals surface area contributed by atoms with Gasteiger partial charge in [-0.3, -0.25) is 19.2 Å². The number of carbonyl (C=O) groups excluding carboxylic acids is 2. The van der Waals surface area contributed by atoms with Crippen molar-refractivity contribution >= 4 is 17.8 Å². The lowest BCUT2D eigenvalue weighted by atomic mass is 9.93. The maximum atomic E-state index is 13.0. The van der Waals surface area contributed by atoms with Gasteiger partial charge in [0.25, 0.3) is 5.91 Å². The highest BCUT2D eigenvalue weighted by Gasteiger charge is 2.26. The molecule has 3 aliphatic rings. The van der Waals surface area contributed by atoms with E-state index in [-0.39, 0.29) is 18.1 Å². The van der Waals surface area contributed by atoms with Gasteiger partial charge in [-0.1, -0.05) is 60.7 Å². The van der Waals surface area contributed by atoms with Gasteiger partial charge in [0.05, 0.1) is 18.3 Å². The van der Waals surface area contributed by atoms with Gasteiger partial charge >= 0.3 is 0 Å². The van der Waals surface area contributed by atoms with Crippen molar-refractivity contribution in [3.05, 3.63) is 118 Å². The van der Waals surface area contributed by atoms with Gasteiger partial charge in [0.2, 0.25) is 0 Å². The number of aromatic nitrogens is 2. The number of ketones is 1. The van der Waals surface area contributed by atoms with E-state index in [4.69, 9.17) is 0 Å². The number of carbonyl (C=O) groups is 2. The van der Waals surface area contributed by atoms with E-state index in [2.05, 4.69) is 58.6 Å². The summed E-state index contributed by atoms with van der Waals surface area (Å²) >= 11 is 0. The molecule has 3 aromatic rings. The van der Waals surface area contributed by atoms with Gasteiger partial charge in [-0.25, -0.2) is 0 Å². The van der Waals surface area contributed by atoms with Gasteiger partial charge in [0.15, 0.2) is 5.78 Å². The molecule has 2 aromatic carbocycles. The molecule has 2 heterocycles. The second-order valence-electron chi connectivity index (χ2n) is 11.2. The number of amides is 1. The fraction of sp³-hybridized carbons (Fsp3) is 0.303. The molecule has 0 radical (unpaired) electrons. The maximum Gasteiger partial charge on any atom is 0.258 e. The van der Waals surface area contributed by atoms with E-state index in [0.29, 0.717) is 29.4 Å². The monoisotopic (exact) mass is 533 g/mol. The highest BCUT2D eigenvalue weighted by Crippen LogP contribution is 2.33. The Kier molecular flexibility index (Phi) is 7.32. The summed E-state index contributed by atoms with van der Waals surface area (Å²) < 4.78 is 1.75. The number of hydrogen-bond acceptors (Lipinski definition) is 5. The number of likely N-dealkylation sites (tertiary alicyclic amines) is 1. The molecule has 6 rings (SSSR count). The molecule has 1 fully saturated rings. The van der Waals surface area contributed by atoms with Crippen molar-refractivity contribution in [3.8, 4) is 0 Å². The molecule has 1 aliphatic heterocycles. The molecule has 204 valence electrons. The Morgan fingerprint density at radius 1 is 1.07 bits per heavy atom. The fourth-order valence-electron chi connectivity index (χ4n) is 5.80. The SMILES string of the molecule is CN(C)[C@@H]1CCN(Cc2ccc3c(c2)C=C(C2=CC(NC(=O)c4cnn(Cc5ccccc5)c4)=CCC2=O)C3)C1. The Morgan fingerprint density at radius 3 is 2.73 bits per heavy atom. The van der Waals surface area contributed by atoms with Crippen LogP contribution >= 0.6 is 0 Å². The minimum absolute atomic E-state index is 0.0831. The predicted octanol–water partition coefficient (Wildman–Crippen LogP) is 4.22. The first-order chi connectivity index (χ1) is 19.4. The quantitative estimate of drug-likeness (QED) is 0.470. The summed E-state index contributed by atoms with van der Waals surface area (Å²) in [5.74, 6) is -0.151. The molecule has 1 N–H and O–H groups in total. The Bertz CT molecular complexity index is 1530. The van der Waals surface area contributed by atoms with E-state index in [1.807, 2.05) is 36.4 Å². The normalized spacial score (nSPS) is 18.9. The van der Waals surface area contributed by atoms with Crippen LogP contribution in [0.4, 0.5) is 0 Å². The van der Waals surface area contributed by atoms with Gasteiger partial charge in [0.1, 0.15) is 0 Å². The van der Waals surface area contributed by atoms with Crippen LogP contribution in [-0.2, 0) is 24.3 Å². The maximum absolute atomic E-state index is 13.0. The van der Waals surface area contributed by atoms with Crippen molar-refractivity contribution in [3.63, 3.8) is 0 Å². The summed E-state index contributed by atoms with van der Waals surface area (Å²) in [5.41, 5.74) is 7.69. The number of fused-ring (bicyclic) bond motifs is 1. The number of hydrogen-bond donors (Lipinski definition) is 1. The molecule has 1 saturated heterocycles. The smallest absolute Gasteiger partial charge is 0.258 e. The molecule has 0 spiro atoms. The van der Waals surface area contributed by atoms with Gasteiger partial charge in [-0.05, 0) is 60.8 Å². The molecule has 7 heteroatoms. The molecule has 2 aliphatic carbocycles. The average Bonchev–Trinajstić information content (AvgIpc) is 3.70. The van der Waals surface area contributed by atoms with E-state index < -0.39 is 0 Å². The number of nitrogens with one attached hydrogen (secondary N) is 1. The van der Waals surface area contributed by atoms with Crippen LogP contribution in [0.25, 0.3) is 6.08 Å². The minimum atomic E-state index is -0.234. The molecule has 1 amide bonds. The van der Waals surface area contributed by atoms with Crippen molar-refractivity contribution in [2.24, 2.45) is 0 Å². The second kappa shape index (κ2) is 11.2. The predicted molar refractivity (Wildman–Crippen MR) is 157 cm³/mol. The summed E-state index contributed by atoms with van der Waals surface area (Å²) in [6.45, 7) is 3.77. The van der Waals surface area contributed by atoms with E-state index in [0.717, 1.165) is 37.2 Å².